The van der Waals surface area contributed by atoms with Crippen molar-refractivity contribution in [2.45, 2.75) is 6.42 Å². The van der Waals surface area contributed by atoms with E-state index in [1.807, 2.05) is 48.5 Å². The van der Waals surface area contributed by atoms with Gasteiger partial charge in [0.05, 0.1) is 6.42 Å². The van der Waals surface area contributed by atoms with Crippen molar-refractivity contribution in [3.8, 4) is 11.1 Å². The Labute approximate surface area is 106 Å². The predicted octanol–water partition coefficient (Wildman–Crippen LogP) is 3.84. The van der Waals surface area contributed by atoms with Crippen LogP contribution in [0.3, 0.4) is 0 Å². The molecular formula is C16H14O2. The molecule has 0 heterocycles. The molecule has 0 aliphatic carbocycles. The third-order valence-electron chi connectivity index (χ3n) is 2.62. The highest BCUT2D eigenvalue weighted by atomic mass is 16.4. The van der Waals surface area contributed by atoms with Crippen LogP contribution in [0.25, 0.3) is 17.2 Å². The quantitative estimate of drug-likeness (QED) is 0.878. The molecule has 0 unspecified atom stereocenters. The minimum absolute atomic E-state index is 0.0560. The predicted molar refractivity (Wildman–Crippen MR) is 73.2 cm³/mol. The van der Waals surface area contributed by atoms with E-state index in [4.69, 9.17) is 5.11 Å². The van der Waals surface area contributed by atoms with Gasteiger partial charge in [0.25, 0.3) is 0 Å². The van der Waals surface area contributed by atoms with E-state index in [1.54, 1.807) is 6.08 Å². The molecule has 0 radical (unpaired) electrons. The van der Waals surface area contributed by atoms with Crippen LogP contribution in [0, 0.1) is 0 Å². The Morgan fingerprint density at radius 2 is 1.56 bits per heavy atom. The third-order valence-corrected chi connectivity index (χ3v) is 2.62. The highest BCUT2D eigenvalue weighted by Gasteiger charge is 1.96. The molecule has 2 aromatic rings. The number of carbonyl (C=O) groups is 1. The zero-order chi connectivity index (χ0) is 12.8. The van der Waals surface area contributed by atoms with Crippen LogP contribution in [0.1, 0.15) is 12.0 Å². The molecule has 2 aromatic carbocycles. The molecule has 0 spiro atoms. The Morgan fingerprint density at radius 1 is 0.944 bits per heavy atom. The Balaban J connectivity index is 2.11. The van der Waals surface area contributed by atoms with Gasteiger partial charge in [-0.1, -0.05) is 66.7 Å². The van der Waals surface area contributed by atoms with Gasteiger partial charge in [0, 0.05) is 0 Å². The van der Waals surface area contributed by atoms with Crippen LogP contribution in [-0.4, -0.2) is 11.1 Å². The number of benzene rings is 2. The summed E-state index contributed by atoms with van der Waals surface area (Å²) in [6.45, 7) is 0. The van der Waals surface area contributed by atoms with Gasteiger partial charge in [-0.05, 0) is 16.7 Å². The van der Waals surface area contributed by atoms with Crippen LogP contribution < -0.4 is 0 Å². The van der Waals surface area contributed by atoms with Crippen LogP contribution >= 0.6 is 0 Å². The summed E-state index contributed by atoms with van der Waals surface area (Å²) in [5, 5.41) is 8.53. The molecular weight excluding hydrogens is 224 g/mol. The largest absolute Gasteiger partial charge is 0.481 e. The fourth-order valence-corrected chi connectivity index (χ4v) is 1.71. The lowest BCUT2D eigenvalue weighted by Crippen LogP contribution is -1.89. The monoisotopic (exact) mass is 238 g/mol. The Morgan fingerprint density at radius 3 is 2.17 bits per heavy atom. The van der Waals surface area contributed by atoms with Gasteiger partial charge in [-0.3, -0.25) is 4.79 Å². The second kappa shape index (κ2) is 5.82. The van der Waals surface area contributed by atoms with Gasteiger partial charge >= 0.3 is 5.97 Å². The third kappa shape index (κ3) is 3.32. The smallest absolute Gasteiger partial charge is 0.307 e. The summed E-state index contributed by atoms with van der Waals surface area (Å²) in [5.41, 5.74) is 3.35. The van der Waals surface area contributed by atoms with Gasteiger partial charge in [0.2, 0.25) is 0 Å². The van der Waals surface area contributed by atoms with E-state index >= 15 is 0 Å². The maximum absolute atomic E-state index is 10.4. The van der Waals surface area contributed by atoms with Gasteiger partial charge in [0.15, 0.2) is 0 Å². The first-order chi connectivity index (χ1) is 8.75. The van der Waals surface area contributed by atoms with Crippen molar-refractivity contribution >= 4 is 12.0 Å². The molecule has 0 saturated carbocycles. The molecule has 0 aromatic heterocycles. The minimum Gasteiger partial charge on any atom is -0.481 e. The molecule has 0 fully saturated rings. The second-order valence-electron chi connectivity index (χ2n) is 3.99. The molecule has 0 aliphatic heterocycles. The number of hydrogen-bond acceptors (Lipinski definition) is 1. The van der Waals surface area contributed by atoms with E-state index in [1.165, 1.54) is 5.56 Å². The van der Waals surface area contributed by atoms with Crippen LogP contribution in [0.15, 0.2) is 60.7 Å². The van der Waals surface area contributed by atoms with Crippen molar-refractivity contribution in [2.24, 2.45) is 0 Å². The van der Waals surface area contributed by atoms with E-state index < -0.39 is 5.97 Å². The molecule has 0 atom stereocenters. The average molecular weight is 238 g/mol. The molecule has 0 amide bonds. The maximum atomic E-state index is 10.4. The maximum Gasteiger partial charge on any atom is 0.307 e. The van der Waals surface area contributed by atoms with Crippen molar-refractivity contribution in [1.29, 1.82) is 0 Å². The van der Waals surface area contributed by atoms with Crippen LogP contribution in [0.2, 0.25) is 0 Å². The van der Waals surface area contributed by atoms with E-state index in [2.05, 4.69) is 12.1 Å². The van der Waals surface area contributed by atoms with Crippen molar-refractivity contribution in [2.75, 3.05) is 0 Å². The first kappa shape index (κ1) is 12.1. The van der Waals surface area contributed by atoms with Gasteiger partial charge in [-0.15, -0.1) is 0 Å². The van der Waals surface area contributed by atoms with Gasteiger partial charge < -0.3 is 5.11 Å². The zero-order valence-electron chi connectivity index (χ0n) is 9.91. The van der Waals surface area contributed by atoms with Gasteiger partial charge in [-0.2, -0.15) is 0 Å². The lowest BCUT2D eigenvalue weighted by atomic mass is 10.0. The van der Waals surface area contributed by atoms with Crippen LogP contribution in [0.5, 0.6) is 0 Å². The van der Waals surface area contributed by atoms with Crippen LogP contribution in [-0.2, 0) is 4.79 Å². The van der Waals surface area contributed by atoms with E-state index in [-0.39, 0.29) is 6.42 Å². The molecule has 90 valence electrons. The molecule has 0 bridgehead atoms. The first-order valence-electron chi connectivity index (χ1n) is 5.79. The number of hydrogen-bond donors (Lipinski definition) is 1. The van der Waals surface area contributed by atoms with Crippen molar-refractivity contribution < 1.29 is 9.90 Å². The Kier molecular flexibility index (Phi) is 3.92. The normalized spacial score (nSPS) is 10.7. The summed E-state index contributed by atoms with van der Waals surface area (Å²) in [7, 11) is 0. The highest BCUT2D eigenvalue weighted by Crippen LogP contribution is 2.19. The van der Waals surface area contributed by atoms with E-state index in [9.17, 15) is 4.79 Å². The summed E-state index contributed by atoms with van der Waals surface area (Å²) in [6, 6.07) is 18.2. The number of rotatable bonds is 4. The van der Waals surface area contributed by atoms with E-state index in [0.717, 1.165) is 11.1 Å². The lowest BCUT2D eigenvalue weighted by Gasteiger charge is -2.01. The van der Waals surface area contributed by atoms with E-state index in [0.29, 0.717) is 0 Å². The standard InChI is InChI=1S/C16H14O2/c17-16(18)8-4-5-13-9-11-15(12-10-13)14-6-2-1-3-7-14/h1-7,9-12H,8H2,(H,17,18)/b5-4-. The summed E-state index contributed by atoms with van der Waals surface area (Å²) < 4.78 is 0. The van der Waals surface area contributed by atoms with Crippen molar-refractivity contribution in [1.82, 2.24) is 0 Å². The molecule has 2 heteroatoms. The SMILES string of the molecule is O=C(O)C/C=C\c1ccc(-c2ccccc2)cc1. The molecule has 2 rings (SSSR count). The number of carboxylic acid groups (broad SMARTS) is 1. The summed E-state index contributed by atoms with van der Waals surface area (Å²) in [4.78, 5) is 10.4. The molecule has 0 saturated heterocycles. The molecule has 2 nitrogen and oxygen atoms in total. The molecule has 18 heavy (non-hydrogen) atoms. The van der Waals surface area contributed by atoms with Gasteiger partial charge in [-0.25, -0.2) is 0 Å². The fourth-order valence-electron chi connectivity index (χ4n) is 1.71. The van der Waals surface area contributed by atoms with Crippen LogP contribution in [0.4, 0.5) is 0 Å². The summed E-state index contributed by atoms with van der Waals surface area (Å²) in [5.74, 6) is -0.813. The highest BCUT2D eigenvalue weighted by molar-refractivity contribution is 5.71. The van der Waals surface area contributed by atoms with Crippen molar-refractivity contribution in [3.63, 3.8) is 0 Å². The molecule has 1 N–H and O–H groups in total. The summed E-state index contributed by atoms with van der Waals surface area (Å²) >= 11 is 0. The zero-order valence-corrected chi connectivity index (χ0v) is 9.91. The number of carboxylic acids is 1. The van der Waals surface area contributed by atoms with Gasteiger partial charge in [0.1, 0.15) is 0 Å². The molecule has 0 aliphatic rings. The second-order valence-corrected chi connectivity index (χ2v) is 3.99. The summed E-state index contributed by atoms with van der Waals surface area (Å²) in [6.07, 6.45) is 3.53. The Bertz CT molecular complexity index is 539. The Hall–Kier alpha value is -2.35. The van der Waals surface area contributed by atoms with Crippen molar-refractivity contribution in [3.05, 3.63) is 66.2 Å². The average Bonchev–Trinajstić information content (AvgIpc) is 2.40. The first-order valence-corrected chi connectivity index (χ1v) is 5.79. The number of aliphatic carboxylic acids is 1. The fraction of sp³-hybridized carbons (Fsp3) is 0.0625. The minimum atomic E-state index is -0.813. The topological polar surface area (TPSA) is 37.3 Å². The lowest BCUT2D eigenvalue weighted by molar-refractivity contribution is -0.135.